The molecule has 0 amide bonds. The molecule has 0 spiro atoms. The van der Waals surface area contributed by atoms with Crippen LogP contribution in [0.3, 0.4) is 0 Å². The van der Waals surface area contributed by atoms with Crippen LogP contribution in [-0.4, -0.2) is 11.7 Å². The zero-order valence-corrected chi connectivity index (χ0v) is 7.46. The molecule has 0 aromatic heterocycles. The standard InChI is InChI=1S/C11H13FO/c12-11-7-8(5-6-13)1-4-10(11)9-2-3-9/h1,4,7,9,13H,2-3,5-6H2. The molecule has 2 heteroatoms. The molecular formula is C11H13FO. The van der Waals surface area contributed by atoms with Gasteiger partial charge in [0.1, 0.15) is 5.82 Å². The van der Waals surface area contributed by atoms with Gasteiger partial charge in [0.25, 0.3) is 0 Å². The summed E-state index contributed by atoms with van der Waals surface area (Å²) in [6, 6.07) is 5.31. The van der Waals surface area contributed by atoms with Crippen molar-refractivity contribution in [2.24, 2.45) is 0 Å². The van der Waals surface area contributed by atoms with Gasteiger partial charge in [-0.1, -0.05) is 12.1 Å². The summed E-state index contributed by atoms with van der Waals surface area (Å²) >= 11 is 0. The fraction of sp³-hybridized carbons (Fsp3) is 0.455. The molecule has 0 saturated heterocycles. The molecule has 0 radical (unpaired) electrons. The van der Waals surface area contributed by atoms with Crippen LogP contribution in [-0.2, 0) is 6.42 Å². The highest BCUT2D eigenvalue weighted by molar-refractivity contribution is 5.29. The molecule has 13 heavy (non-hydrogen) atoms. The van der Waals surface area contributed by atoms with Crippen molar-refractivity contribution in [2.75, 3.05) is 6.61 Å². The predicted molar refractivity (Wildman–Crippen MR) is 49.2 cm³/mol. The van der Waals surface area contributed by atoms with Crippen LogP contribution in [0.1, 0.15) is 29.9 Å². The van der Waals surface area contributed by atoms with E-state index in [1.807, 2.05) is 12.1 Å². The molecule has 1 nitrogen and oxygen atoms in total. The fourth-order valence-corrected chi connectivity index (χ4v) is 1.58. The summed E-state index contributed by atoms with van der Waals surface area (Å²) in [6.45, 7) is 0.0855. The van der Waals surface area contributed by atoms with Crippen LogP contribution in [0.5, 0.6) is 0 Å². The van der Waals surface area contributed by atoms with E-state index in [0.717, 1.165) is 24.0 Å². The van der Waals surface area contributed by atoms with E-state index in [0.29, 0.717) is 12.3 Å². The first-order valence-corrected chi connectivity index (χ1v) is 4.70. The Balaban J connectivity index is 2.21. The zero-order chi connectivity index (χ0) is 9.26. The average Bonchev–Trinajstić information content (AvgIpc) is 2.88. The van der Waals surface area contributed by atoms with Crippen LogP contribution in [0, 0.1) is 5.82 Å². The second-order valence-electron chi connectivity index (χ2n) is 3.60. The normalized spacial score (nSPS) is 16.2. The predicted octanol–water partition coefficient (Wildman–Crippen LogP) is 2.24. The van der Waals surface area contributed by atoms with Crippen molar-refractivity contribution < 1.29 is 9.50 Å². The van der Waals surface area contributed by atoms with Gasteiger partial charge in [0, 0.05) is 6.61 Å². The van der Waals surface area contributed by atoms with Crippen LogP contribution >= 0.6 is 0 Å². The molecule has 0 bridgehead atoms. The molecule has 1 fully saturated rings. The zero-order valence-electron chi connectivity index (χ0n) is 7.46. The summed E-state index contributed by atoms with van der Waals surface area (Å²) in [7, 11) is 0. The van der Waals surface area contributed by atoms with E-state index in [4.69, 9.17) is 5.11 Å². The molecule has 0 atom stereocenters. The van der Waals surface area contributed by atoms with Gasteiger partial charge in [-0.15, -0.1) is 0 Å². The number of aliphatic hydroxyl groups is 1. The summed E-state index contributed by atoms with van der Waals surface area (Å²) in [5.41, 5.74) is 1.73. The van der Waals surface area contributed by atoms with Gasteiger partial charge in [0.05, 0.1) is 0 Å². The van der Waals surface area contributed by atoms with Gasteiger partial charge in [-0.2, -0.15) is 0 Å². The lowest BCUT2D eigenvalue weighted by atomic mass is 10.1. The van der Waals surface area contributed by atoms with Crippen molar-refractivity contribution in [2.45, 2.75) is 25.2 Å². The molecule has 0 aliphatic heterocycles. The van der Waals surface area contributed by atoms with Crippen LogP contribution in [0.2, 0.25) is 0 Å². The van der Waals surface area contributed by atoms with Crippen LogP contribution in [0.4, 0.5) is 4.39 Å². The first-order valence-electron chi connectivity index (χ1n) is 4.70. The van der Waals surface area contributed by atoms with Gasteiger partial charge < -0.3 is 5.11 Å². The van der Waals surface area contributed by atoms with Crippen LogP contribution in [0.25, 0.3) is 0 Å². The maximum absolute atomic E-state index is 13.4. The topological polar surface area (TPSA) is 20.2 Å². The molecule has 1 aliphatic carbocycles. The first-order chi connectivity index (χ1) is 6.31. The lowest BCUT2D eigenvalue weighted by molar-refractivity contribution is 0.299. The molecule has 1 aromatic rings. The highest BCUT2D eigenvalue weighted by atomic mass is 19.1. The number of aliphatic hydroxyl groups excluding tert-OH is 1. The van der Waals surface area contributed by atoms with Gasteiger partial charge in [0.15, 0.2) is 0 Å². The summed E-state index contributed by atoms with van der Waals surface area (Å²) < 4.78 is 13.4. The molecule has 1 aliphatic rings. The van der Waals surface area contributed by atoms with Crippen LogP contribution < -0.4 is 0 Å². The number of hydrogen-bond acceptors (Lipinski definition) is 1. The summed E-state index contributed by atoms with van der Waals surface area (Å²) in [5.74, 6) is 0.358. The van der Waals surface area contributed by atoms with Gasteiger partial charge >= 0.3 is 0 Å². The molecule has 1 saturated carbocycles. The molecule has 70 valence electrons. The minimum absolute atomic E-state index is 0.0855. The molecule has 1 aromatic carbocycles. The quantitative estimate of drug-likeness (QED) is 0.756. The second-order valence-corrected chi connectivity index (χ2v) is 3.60. The number of rotatable bonds is 3. The Morgan fingerprint density at radius 1 is 1.38 bits per heavy atom. The Bertz CT molecular complexity index is 305. The highest BCUT2D eigenvalue weighted by Crippen LogP contribution is 2.41. The van der Waals surface area contributed by atoms with E-state index in [-0.39, 0.29) is 12.4 Å². The SMILES string of the molecule is OCCc1ccc(C2CC2)c(F)c1. The third-order valence-corrected chi connectivity index (χ3v) is 2.48. The third kappa shape index (κ3) is 1.89. The van der Waals surface area contributed by atoms with E-state index in [2.05, 4.69) is 0 Å². The van der Waals surface area contributed by atoms with Crippen molar-refractivity contribution in [3.63, 3.8) is 0 Å². The maximum atomic E-state index is 13.4. The molecule has 1 N–H and O–H groups in total. The average molecular weight is 180 g/mol. The lowest BCUT2D eigenvalue weighted by Crippen LogP contribution is -1.94. The van der Waals surface area contributed by atoms with Crippen molar-refractivity contribution >= 4 is 0 Å². The minimum Gasteiger partial charge on any atom is -0.396 e. The van der Waals surface area contributed by atoms with E-state index in [9.17, 15) is 4.39 Å². The summed E-state index contributed by atoms with van der Waals surface area (Å²) in [4.78, 5) is 0. The Hall–Kier alpha value is -0.890. The van der Waals surface area contributed by atoms with Crippen molar-refractivity contribution in [1.82, 2.24) is 0 Å². The van der Waals surface area contributed by atoms with Crippen molar-refractivity contribution in [3.8, 4) is 0 Å². The first kappa shape index (κ1) is 8.70. The largest absolute Gasteiger partial charge is 0.396 e. The van der Waals surface area contributed by atoms with E-state index in [1.54, 1.807) is 6.07 Å². The third-order valence-electron chi connectivity index (χ3n) is 2.48. The molecule has 2 rings (SSSR count). The minimum atomic E-state index is -0.103. The Kier molecular flexibility index (Phi) is 2.32. The van der Waals surface area contributed by atoms with Gasteiger partial charge in [-0.3, -0.25) is 0 Å². The summed E-state index contributed by atoms with van der Waals surface area (Å²) in [6.07, 6.45) is 2.79. The van der Waals surface area contributed by atoms with Crippen molar-refractivity contribution in [1.29, 1.82) is 0 Å². The molecular weight excluding hydrogens is 167 g/mol. The van der Waals surface area contributed by atoms with Gasteiger partial charge in [-0.05, 0) is 42.4 Å². The van der Waals surface area contributed by atoms with E-state index in [1.165, 1.54) is 0 Å². The van der Waals surface area contributed by atoms with Crippen LogP contribution in [0.15, 0.2) is 18.2 Å². The van der Waals surface area contributed by atoms with E-state index < -0.39 is 0 Å². The number of halogens is 1. The Morgan fingerprint density at radius 2 is 2.15 bits per heavy atom. The maximum Gasteiger partial charge on any atom is 0.126 e. The Morgan fingerprint density at radius 3 is 2.69 bits per heavy atom. The number of benzene rings is 1. The lowest BCUT2D eigenvalue weighted by Gasteiger charge is -2.03. The fourth-order valence-electron chi connectivity index (χ4n) is 1.58. The van der Waals surface area contributed by atoms with E-state index >= 15 is 0 Å². The molecule has 0 heterocycles. The summed E-state index contributed by atoms with van der Waals surface area (Å²) in [5, 5.41) is 8.68. The van der Waals surface area contributed by atoms with Gasteiger partial charge in [-0.25, -0.2) is 4.39 Å². The van der Waals surface area contributed by atoms with Crippen molar-refractivity contribution in [3.05, 3.63) is 35.1 Å². The second kappa shape index (κ2) is 3.46. The number of hydrogen-bond donors (Lipinski definition) is 1. The van der Waals surface area contributed by atoms with Gasteiger partial charge in [0.2, 0.25) is 0 Å². The molecule has 0 unspecified atom stereocenters. The Labute approximate surface area is 77.2 Å². The highest BCUT2D eigenvalue weighted by Gasteiger charge is 2.26. The smallest absolute Gasteiger partial charge is 0.126 e. The monoisotopic (exact) mass is 180 g/mol.